The minimum Gasteiger partial charge on any atom is -0.493 e. The lowest BCUT2D eigenvalue weighted by Crippen LogP contribution is -2.23. The summed E-state index contributed by atoms with van der Waals surface area (Å²) in [7, 11) is 4.65. The SMILES string of the molecule is COc1cccc(-c2nc(COC(=O)c3nn(C)c(=O)c4ccccc34)cs2)c1OC. The predicted octanol–water partition coefficient (Wildman–Crippen LogP) is 3.43. The van der Waals surface area contributed by atoms with Crippen LogP contribution in [0.1, 0.15) is 16.2 Å². The van der Waals surface area contributed by atoms with Crippen LogP contribution >= 0.6 is 11.3 Å². The molecule has 0 N–H and O–H groups in total. The van der Waals surface area contributed by atoms with Crippen molar-refractivity contribution in [3.8, 4) is 22.1 Å². The molecule has 4 rings (SSSR count). The molecule has 4 aromatic rings. The number of carbonyl (C=O) groups is 1. The standard InChI is InChI=1S/C22H19N3O5S/c1-25-21(26)15-8-5-4-7-14(15)18(24-25)22(27)30-11-13-12-31-20(23-13)16-9-6-10-17(28-2)19(16)29-3/h4-10,12H,11H2,1-3H3. The van der Waals surface area contributed by atoms with E-state index in [1.54, 1.807) is 38.5 Å². The second-order valence-corrected chi connectivity index (χ2v) is 7.44. The fourth-order valence-corrected chi connectivity index (χ4v) is 4.04. The minimum absolute atomic E-state index is 0.0273. The molecule has 0 fully saturated rings. The Morgan fingerprint density at radius 2 is 1.84 bits per heavy atom. The van der Waals surface area contributed by atoms with Crippen molar-refractivity contribution in [2.75, 3.05) is 14.2 Å². The molecule has 0 aliphatic rings. The summed E-state index contributed by atoms with van der Waals surface area (Å²) in [5.74, 6) is 0.569. The van der Waals surface area contributed by atoms with Gasteiger partial charge in [0.05, 0.1) is 30.9 Å². The quantitative estimate of drug-likeness (QED) is 0.427. The molecule has 0 saturated carbocycles. The Morgan fingerprint density at radius 3 is 2.58 bits per heavy atom. The number of nitrogens with zero attached hydrogens (tertiary/aromatic N) is 3. The number of thiazole rings is 1. The van der Waals surface area contributed by atoms with E-state index in [0.717, 1.165) is 10.2 Å². The zero-order valence-electron chi connectivity index (χ0n) is 17.1. The highest BCUT2D eigenvalue weighted by atomic mass is 32.1. The van der Waals surface area contributed by atoms with Crippen molar-refractivity contribution in [3.05, 3.63) is 69.6 Å². The number of methoxy groups -OCH3 is 2. The number of aromatic nitrogens is 3. The first-order valence-electron chi connectivity index (χ1n) is 9.32. The number of fused-ring (bicyclic) bond motifs is 1. The molecule has 0 bridgehead atoms. The molecule has 0 aliphatic heterocycles. The molecule has 0 saturated heterocycles. The Hall–Kier alpha value is -3.72. The monoisotopic (exact) mass is 437 g/mol. The first-order chi connectivity index (χ1) is 15.0. The molecule has 2 heterocycles. The molecule has 158 valence electrons. The number of carbonyl (C=O) groups excluding carboxylic acids is 1. The van der Waals surface area contributed by atoms with Crippen LogP contribution in [0.4, 0.5) is 0 Å². The van der Waals surface area contributed by atoms with Gasteiger partial charge >= 0.3 is 5.97 Å². The van der Waals surface area contributed by atoms with Gasteiger partial charge in [0.2, 0.25) is 0 Å². The lowest BCUT2D eigenvalue weighted by atomic mass is 10.1. The summed E-state index contributed by atoms with van der Waals surface area (Å²) in [6.07, 6.45) is 0. The molecule has 2 aromatic heterocycles. The molecule has 0 unspecified atom stereocenters. The highest BCUT2D eigenvalue weighted by Crippen LogP contribution is 2.39. The Bertz CT molecular complexity index is 1330. The van der Waals surface area contributed by atoms with Crippen LogP contribution < -0.4 is 15.0 Å². The minimum atomic E-state index is -0.625. The topological polar surface area (TPSA) is 92.5 Å². The largest absolute Gasteiger partial charge is 0.493 e. The van der Waals surface area contributed by atoms with Crippen LogP contribution in [0.3, 0.4) is 0 Å². The van der Waals surface area contributed by atoms with E-state index in [1.165, 1.54) is 18.4 Å². The van der Waals surface area contributed by atoms with Gasteiger partial charge in [0.25, 0.3) is 5.56 Å². The third-order valence-corrected chi connectivity index (χ3v) is 5.61. The van der Waals surface area contributed by atoms with E-state index in [9.17, 15) is 9.59 Å². The maximum Gasteiger partial charge on any atom is 0.359 e. The number of benzene rings is 2. The van der Waals surface area contributed by atoms with E-state index in [-0.39, 0.29) is 17.9 Å². The fraction of sp³-hybridized carbons (Fsp3) is 0.182. The highest BCUT2D eigenvalue weighted by Gasteiger charge is 2.19. The number of ether oxygens (including phenoxy) is 3. The normalized spacial score (nSPS) is 10.8. The van der Waals surface area contributed by atoms with Crippen molar-refractivity contribution in [1.82, 2.24) is 14.8 Å². The third-order valence-electron chi connectivity index (χ3n) is 4.69. The zero-order chi connectivity index (χ0) is 22.0. The molecular weight excluding hydrogens is 418 g/mol. The van der Waals surface area contributed by atoms with Gasteiger partial charge in [-0.15, -0.1) is 11.3 Å². The summed E-state index contributed by atoms with van der Waals surface area (Å²) >= 11 is 1.41. The van der Waals surface area contributed by atoms with Crippen LogP contribution in [-0.4, -0.2) is 35.0 Å². The average Bonchev–Trinajstić information content (AvgIpc) is 3.28. The smallest absolute Gasteiger partial charge is 0.359 e. The van der Waals surface area contributed by atoms with Crippen LogP contribution in [0.5, 0.6) is 11.5 Å². The Kier molecular flexibility index (Phi) is 5.68. The third kappa shape index (κ3) is 3.87. The van der Waals surface area contributed by atoms with Gasteiger partial charge in [-0.05, 0) is 18.2 Å². The molecule has 2 aromatic carbocycles. The molecule has 31 heavy (non-hydrogen) atoms. The van der Waals surface area contributed by atoms with E-state index in [1.807, 2.05) is 23.6 Å². The van der Waals surface area contributed by atoms with Crippen molar-refractivity contribution in [2.24, 2.45) is 7.05 Å². The predicted molar refractivity (Wildman–Crippen MR) is 117 cm³/mol. The highest BCUT2D eigenvalue weighted by molar-refractivity contribution is 7.13. The van der Waals surface area contributed by atoms with Crippen molar-refractivity contribution in [3.63, 3.8) is 0 Å². The Morgan fingerprint density at radius 1 is 1.06 bits per heavy atom. The molecule has 0 spiro atoms. The zero-order valence-corrected chi connectivity index (χ0v) is 17.9. The van der Waals surface area contributed by atoms with E-state index in [4.69, 9.17) is 14.2 Å². The summed E-state index contributed by atoms with van der Waals surface area (Å²) in [6.45, 7) is -0.0273. The second kappa shape index (κ2) is 8.57. The van der Waals surface area contributed by atoms with E-state index in [0.29, 0.717) is 33.0 Å². The molecule has 0 amide bonds. The van der Waals surface area contributed by atoms with Gasteiger partial charge in [-0.1, -0.05) is 24.3 Å². The summed E-state index contributed by atoms with van der Waals surface area (Å²) in [4.78, 5) is 29.5. The van der Waals surface area contributed by atoms with Gasteiger partial charge in [0, 0.05) is 17.8 Å². The number of hydrogen-bond donors (Lipinski definition) is 0. The van der Waals surface area contributed by atoms with Gasteiger partial charge in [-0.25, -0.2) is 14.5 Å². The molecule has 0 radical (unpaired) electrons. The first-order valence-corrected chi connectivity index (χ1v) is 10.2. The van der Waals surface area contributed by atoms with Gasteiger partial charge in [0.15, 0.2) is 17.2 Å². The maximum atomic E-state index is 12.7. The van der Waals surface area contributed by atoms with Crippen molar-refractivity contribution < 1.29 is 19.0 Å². The number of rotatable bonds is 6. The molecule has 9 heteroatoms. The molecule has 0 aliphatic carbocycles. The van der Waals surface area contributed by atoms with Crippen molar-refractivity contribution in [2.45, 2.75) is 6.61 Å². The summed E-state index contributed by atoms with van der Waals surface area (Å²) in [6, 6.07) is 12.4. The lowest BCUT2D eigenvalue weighted by molar-refractivity contribution is 0.0461. The number of hydrogen-bond acceptors (Lipinski definition) is 8. The van der Waals surface area contributed by atoms with E-state index < -0.39 is 5.97 Å². The Balaban J connectivity index is 1.57. The van der Waals surface area contributed by atoms with Gasteiger partial charge in [-0.3, -0.25) is 4.79 Å². The first kappa shape index (κ1) is 20.5. The number of aryl methyl sites for hydroxylation is 1. The average molecular weight is 437 g/mol. The lowest BCUT2D eigenvalue weighted by Gasteiger charge is -2.10. The maximum absolute atomic E-state index is 12.7. The van der Waals surface area contributed by atoms with Gasteiger partial charge in [0.1, 0.15) is 11.6 Å². The van der Waals surface area contributed by atoms with Gasteiger partial charge < -0.3 is 14.2 Å². The fourth-order valence-electron chi connectivity index (χ4n) is 3.21. The van der Waals surface area contributed by atoms with Crippen LogP contribution in [0.25, 0.3) is 21.3 Å². The van der Waals surface area contributed by atoms with E-state index in [2.05, 4.69) is 10.1 Å². The Labute approximate surface area is 181 Å². The summed E-state index contributed by atoms with van der Waals surface area (Å²) < 4.78 is 17.4. The van der Waals surface area contributed by atoms with Crippen molar-refractivity contribution >= 4 is 28.1 Å². The molecule has 0 atom stereocenters. The van der Waals surface area contributed by atoms with E-state index >= 15 is 0 Å². The molecule has 8 nitrogen and oxygen atoms in total. The van der Waals surface area contributed by atoms with Crippen LogP contribution in [0.2, 0.25) is 0 Å². The molecular formula is C22H19N3O5S. The summed E-state index contributed by atoms with van der Waals surface area (Å²) in [5.41, 5.74) is 1.19. The van der Waals surface area contributed by atoms with Crippen LogP contribution in [0.15, 0.2) is 52.6 Å². The number of para-hydroxylation sites is 1. The van der Waals surface area contributed by atoms with Crippen LogP contribution in [0, 0.1) is 0 Å². The van der Waals surface area contributed by atoms with Crippen LogP contribution in [-0.2, 0) is 18.4 Å². The second-order valence-electron chi connectivity index (χ2n) is 6.58. The summed E-state index contributed by atoms with van der Waals surface area (Å²) in [5, 5.41) is 7.48. The number of esters is 1. The van der Waals surface area contributed by atoms with Crippen molar-refractivity contribution in [1.29, 1.82) is 0 Å². The van der Waals surface area contributed by atoms with Gasteiger partial charge in [-0.2, -0.15) is 5.10 Å².